The van der Waals surface area contributed by atoms with Crippen LogP contribution in [0.25, 0.3) is 6.08 Å². The van der Waals surface area contributed by atoms with E-state index in [1.54, 1.807) is 24.3 Å². The molecule has 0 fully saturated rings. The van der Waals surface area contributed by atoms with Gasteiger partial charge in [0.15, 0.2) is 0 Å². The summed E-state index contributed by atoms with van der Waals surface area (Å²) in [5.41, 5.74) is 1.05. The number of sulfonamides is 1. The first-order chi connectivity index (χ1) is 11.4. The molecule has 0 spiro atoms. The zero-order valence-corrected chi connectivity index (χ0v) is 15.5. The first kappa shape index (κ1) is 18.7. The van der Waals surface area contributed by atoms with E-state index in [0.717, 1.165) is 12.0 Å². The predicted octanol–water partition coefficient (Wildman–Crippen LogP) is 4.84. The van der Waals surface area contributed by atoms with Crippen molar-refractivity contribution in [2.45, 2.75) is 31.2 Å². The topological polar surface area (TPSA) is 37.4 Å². The monoisotopic (exact) mass is 363 g/mol. The van der Waals surface area contributed by atoms with Gasteiger partial charge >= 0.3 is 0 Å². The summed E-state index contributed by atoms with van der Waals surface area (Å²) in [4.78, 5) is 0.264. The highest BCUT2D eigenvalue weighted by Gasteiger charge is 2.27. The maximum absolute atomic E-state index is 12.9. The van der Waals surface area contributed by atoms with Crippen LogP contribution in [0.5, 0.6) is 0 Å². The highest BCUT2D eigenvalue weighted by Crippen LogP contribution is 2.21. The smallest absolute Gasteiger partial charge is 0.207 e. The van der Waals surface area contributed by atoms with Crippen molar-refractivity contribution >= 4 is 27.7 Å². The van der Waals surface area contributed by atoms with Crippen molar-refractivity contribution in [3.8, 4) is 0 Å². The first-order valence-corrected chi connectivity index (χ1v) is 9.76. The van der Waals surface area contributed by atoms with E-state index in [1.807, 2.05) is 56.3 Å². The van der Waals surface area contributed by atoms with Crippen LogP contribution in [0.15, 0.2) is 65.6 Å². The zero-order chi connectivity index (χ0) is 17.6. The molecule has 0 saturated heterocycles. The third-order valence-electron chi connectivity index (χ3n) is 3.90. The summed E-state index contributed by atoms with van der Waals surface area (Å²) in [6.45, 7) is 4.23. The Balaban J connectivity index is 2.24. The molecule has 5 heteroatoms. The summed E-state index contributed by atoms with van der Waals surface area (Å²) < 4.78 is 27.4. The van der Waals surface area contributed by atoms with Gasteiger partial charge in [-0.2, -0.15) is 4.31 Å². The van der Waals surface area contributed by atoms with Crippen LogP contribution in [0.4, 0.5) is 0 Å². The average molecular weight is 364 g/mol. The minimum Gasteiger partial charge on any atom is -0.207 e. The van der Waals surface area contributed by atoms with Crippen LogP contribution in [-0.2, 0) is 10.0 Å². The molecule has 0 amide bonds. The van der Waals surface area contributed by atoms with E-state index in [9.17, 15) is 8.42 Å². The lowest BCUT2D eigenvalue weighted by molar-refractivity contribution is 0.355. The van der Waals surface area contributed by atoms with Gasteiger partial charge in [-0.1, -0.05) is 61.0 Å². The van der Waals surface area contributed by atoms with Crippen molar-refractivity contribution in [2.75, 3.05) is 6.54 Å². The molecule has 0 radical (unpaired) electrons. The minimum absolute atomic E-state index is 0.0916. The fourth-order valence-electron chi connectivity index (χ4n) is 2.32. The van der Waals surface area contributed by atoms with Crippen LogP contribution in [0.3, 0.4) is 0 Å². The van der Waals surface area contributed by atoms with Crippen LogP contribution < -0.4 is 0 Å². The van der Waals surface area contributed by atoms with Crippen molar-refractivity contribution in [1.29, 1.82) is 0 Å². The fourth-order valence-corrected chi connectivity index (χ4v) is 4.10. The summed E-state index contributed by atoms with van der Waals surface area (Å²) in [7, 11) is -3.56. The third kappa shape index (κ3) is 4.69. The molecule has 1 atom stereocenters. The lowest BCUT2D eigenvalue weighted by atomic mass is 10.2. The summed E-state index contributed by atoms with van der Waals surface area (Å²) in [5, 5.41) is 0.521. The highest BCUT2D eigenvalue weighted by molar-refractivity contribution is 7.89. The Bertz CT molecular complexity index is 771. The third-order valence-corrected chi connectivity index (χ3v) is 6.14. The van der Waals surface area contributed by atoms with Crippen molar-refractivity contribution in [3.63, 3.8) is 0 Å². The second-order valence-electron chi connectivity index (χ2n) is 5.60. The lowest BCUT2D eigenvalue weighted by Gasteiger charge is -2.26. The summed E-state index contributed by atoms with van der Waals surface area (Å²) in [6.07, 6.45) is 4.56. The Hall–Kier alpha value is -1.62. The highest BCUT2D eigenvalue weighted by atomic mass is 35.5. The van der Waals surface area contributed by atoms with Gasteiger partial charge in [0.2, 0.25) is 10.0 Å². The second kappa shape index (κ2) is 8.47. The lowest BCUT2D eigenvalue weighted by Crippen LogP contribution is -2.38. The van der Waals surface area contributed by atoms with E-state index < -0.39 is 10.0 Å². The molecule has 2 aromatic carbocycles. The molecule has 3 nitrogen and oxygen atoms in total. The zero-order valence-electron chi connectivity index (χ0n) is 13.9. The van der Waals surface area contributed by atoms with Crippen LogP contribution >= 0.6 is 11.6 Å². The fraction of sp³-hybridized carbons (Fsp3) is 0.263. The molecule has 128 valence electrons. The molecule has 24 heavy (non-hydrogen) atoms. The Morgan fingerprint density at radius 1 is 1.08 bits per heavy atom. The molecule has 0 bridgehead atoms. The summed E-state index contributed by atoms with van der Waals surface area (Å²) >= 11 is 5.86. The van der Waals surface area contributed by atoms with Gasteiger partial charge < -0.3 is 0 Å². The number of rotatable bonds is 7. The van der Waals surface area contributed by atoms with Gasteiger partial charge in [-0.05, 0) is 43.2 Å². The minimum atomic E-state index is -3.56. The molecule has 0 heterocycles. The quantitative estimate of drug-likeness (QED) is 0.705. The van der Waals surface area contributed by atoms with Gasteiger partial charge in [0.1, 0.15) is 0 Å². The number of benzene rings is 2. The van der Waals surface area contributed by atoms with Gasteiger partial charge in [0, 0.05) is 17.6 Å². The van der Waals surface area contributed by atoms with Gasteiger partial charge in [0.05, 0.1) is 4.90 Å². The van der Waals surface area contributed by atoms with Crippen molar-refractivity contribution in [3.05, 3.63) is 71.3 Å². The molecule has 0 unspecified atom stereocenters. The Labute approximate surface area is 149 Å². The van der Waals surface area contributed by atoms with E-state index in [4.69, 9.17) is 11.6 Å². The molecular weight excluding hydrogens is 342 g/mol. The standard InChI is InChI=1S/C19H22ClNO2S/c1-3-16(2)21(15-7-10-17-8-5-4-6-9-17)24(22,23)19-13-11-18(20)12-14-19/h4-14,16H,3,15H2,1-2H3/t16-/m1/s1. The van der Waals surface area contributed by atoms with Crippen LogP contribution in [0.1, 0.15) is 25.8 Å². The first-order valence-electron chi connectivity index (χ1n) is 7.94. The number of nitrogens with zero attached hydrogens (tertiary/aromatic N) is 1. The van der Waals surface area contributed by atoms with Gasteiger partial charge in [-0.15, -0.1) is 0 Å². The molecule has 0 aliphatic heterocycles. The summed E-state index contributed by atoms with van der Waals surface area (Å²) in [6, 6.07) is 16.0. The molecule has 0 saturated carbocycles. The van der Waals surface area contributed by atoms with E-state index in [2.05, 4.69) is 0 Å². The molecule has 0 aliphatic rings. The number of halogens is 1. The van der Waals surface area contributed by atoms with Gasteiger partial charge in [0.25, 0.3) is 0 Å². The Kier molecular flexibility index (Phi) is 6.60. The van der Waals surface area contributed by atoms with E-state index in [-0.39, 0.29) is 10.9 Å². The Morgan fingerprint density at radius 2 is 1.71 bits per heavy atom. The van der Waals surface area contributed by atoms with Crippen molar-refractivity contribution in [1.82, 2.24) is 4.31 Å². The second-order valence-corrected chi connectivity index (χ2v) is 7.93. The maximum atomic E-state index is 12.9. The van der Waals surface area contributed by atoms with E-state index >= 15 is 0 Å². The predicted molar refractivity (Wildman–Crippen MR) is 101 cm³/mol. The van der Waals surface area contributed by atoms with E-state index in [1.165, 1.54) is 4.31 Å². The molecular formula is C19H22ClNO2S. The normalized spacial score (nSPS) is 13.5. The van der Waals surface area contributed by atoms with Crippen molar-refractivity contribution < 1.29 is 8.42 Å². The molecule has 0 N–H and O–H groups in total. The Morgan fingerprint density at radius 3 is 2.29 bits per heavy atom. The van der Waals surface area contributed by atoms with Crippen LogP contribution in [-0.4, -0.2) is 25.3 Å². The SMILES string of the molecule is CC[C@@H](C)N(CC=Cc1ccccc1)S(=O)(=O)c1ccc(Cl)cc1. The van der Waals surface area contributed by atoms with Gasteiger partial charge in [-0.25, -0.2) is 8.42 Å². The van der Waals surface area contributed by atoms with Crippen molar-refractivity contribution in [2.24, 2.45) is 0 Å². The molecule has 0 aliphatic carbocycles. The largest absolute Gasteiger partial charge is 0.243 e. The summed E-state index contributed by atoms with van der Waals surface area (Å²) in [5.74, 6) is 0. The van der Waals surface area contributed by atoms with E-state index in [0.29, 0.717) is 11.6 Å². The molecule has 2 aromatic rings. The molecule has 2 rings (SSSR count). The van der Waals surface area contributed by atoms with Crippen LogP contribution in [0.2, 0.25) is 5.02 Å². The van der Waals surface area contributed by atoms with Crippen LogP contribution in [0, 0.1) is 0 Å². The maximum Gasteiger partial charge on any atom is 0.243 e. The number of hydrogen-bond acceptors (Lipinski definition) is 2. The molecule has 0 aromatic heterocycles. The number of hydrogen-bond donors (Lipinski definition) is 0. The average Bonchev–Trinajstić information content (AvgIpc) is 2.59. The van der Waals surface area contributed by atoms with Gasteiger partial charge in [-0.3, -0.25) is 0 Å².